The van der Waals surface area contributed by atoms with Gasteiger partial charge in [-0.2, -0.15) is 0 Å². The van der Waals surface area contributed by atoms with Crippen LogP contribution in [0.4, 0.5) is 0 Å². The Bertz CT molecular complexity index is 1000. The van der Waals surface area contributed by atoms with Crippen molar-refractivity contribution in [2.24, 2.45) is 0 Å². The maximum Gasteiger partial charge on any atom is 0.224 e. The highest BCUT2D eigenvalue weighted by molar-refractivity contribution is 5.89. The van der Waals surface area contributed by atoms with Crippen LogP contribution in [0.3, 0.4) is 0 Å². The first-order valence-corrected chi connectivity index (χ1v) is 9.95. The molecule has 0 spiro atoms. The molecule has 0 bridgehead atoms. The van der Waals surface area contributed by atoms with Crippen molar-refractivity contribution in [3.8, 4) is 11.5 Å². The molecule has 3 rings (SSSR count). The second-order valence-electron chi connectivity index (χ2n) is 7.86. The summed E-state index contributed by atoms with van der Waals surface area (Å²) in [5.41, 5.74) is 3.07. The van der Waals surface area contributed by atoms with Crippen LogP contribution in [0.1, 0.15) is 31.9 Å². The number of rotatable bonds is 8. The van der Waals surface area contributed by atoms with Crippen molar-refractivity contribution in [2.75, 3.05) is 20.8 Å². The number of ether oxygens (including phenoxy) is 2. The predicted molar refractivity (Wildman–Crippen MR) is 117 cm³/mol. The Morgan fingerprint density at radius 2 is 1.79 bits per heavy atom. The van der Waals surface area contributed by atoms with Gasteiger partial charge in [-0.3, -0.25) is 4.79 Å². The summed E-state index contributed by atoms with van der Waals surface area (Å²) in [4.78, 5) is 12.7. The van der Waals surface area contributed by atoms with Gasteiger partial charge in [-0.1, -0.05) is 38.1 Å². The van der Waals surface area contributed by atoms with Crippen LogP contribution in [0.25, 0.3) is 10.9 Å². The Labute approximate surface area is 172 Å². The highest BCUT2D eigenvalue weighted by Gasteiger charge is 2.23. The van der Waals surface area contributed by atoms with Crippen LogP contribution < -0.4 is 14.8 Å². The van der Waals surface area contributed by atoms with Gasteiger partial charge in [0.05, 0.1) is 20.6 Å². The van der Waals surface area contributed by atoms with Crippen LogP contribution in [0, 0.1) is 0 Å². The predicted octanol–water partition coefficient (Wildman–Crippen LogP) is 4.31. The van der Waals surface area contributed by atoms with E-state index < -0.39 is 0 Å². The number of carbonyl (C=O) groups excluding carboxylic acids is 1. The van der Waals surface area contributed by atoms with Gasteiger partial charge in [0, 0.05) is 35.6 Å². The maximum atomic E-state index is 12.7. The lowest BCUT2D eigenvalue weighted by Gasteiger charge is -2.26. The van der Waals surface area contributed by atoms with Gasteiger partial charge < -0.3 is 19.4 Å². The van der Waals surface area contributed by atoms with E-state index in [-0.39, 0.29) is 11.3 Å². The number of nitrogens with zero attached hydrogens (tertiary/aromatic N) is 1. The number of hydrogen-bond acceptors (Lipinski definition) is 3. The number of amides is 1. The fraction of sp³-hybridized carbons (Fsp3) is 0.375. The molecule has 1 heterocycles. The number of fused-ring (bicyclic) bond motifs is 1. The maximum absolute atomic E-state index is 12.7. The van der Waals surface area contributed by atoms with Gasteiger partial charge in [0.2, 0.25) is 5.91 Å². The van der Waals surface area contributed by atoms with E-state index in [4.69, 9.17) is 9.47 Å². The first-order valence-electron chi connectivity index (χ1n) is 9.95. The molecule has 0 radical (unpaired) electrons. The smallest absolute Gasteiger partial charge is 0.224 e. The quantitative estimate of drug-likeness (QED) is 0.619. The number of carbonyl (C=O) groups is 1. The molecule has 0 aliphatic rings. The lowest BCUT2D eigenvalue weighted by molar-refractivity contribution is -0.120. The number of nitrogens with one attached hydrogen (secondary N) is 1. The normalized spacial score (nSPS) is 11.5. The minimum Gasteiger partial charge on any atom is -0.493 e. The van der Waals surface area contributed by atoms with Crippen molar-refractivity contribution in [1.82, 2.24) is 9.88 Å². The van der Waals surface area contributed by atoms with E-state index >= 15 is 0 Å². The number of hydrogen-bond donors (Lipinski definition) is 1. The summed E-state index contributed by atoms with van der Waals surface area (Å²) in [6.07, 6.45) is 2.46. The van der Waals surface area contributed by atoms with Crippen molar-refractivity contribution in [2.45, 2.75) is 39.2 Å². The molecule has 5 nitrogen and oxygen atoms in total. The molecule has 29 heavy (non-hydrogen) atoms. The highest BCUT2D eigenvalue weighted by atomic mass is 16.5. The third-order valence-corrected chi connectivity index (χ3v) is 5.46. The standard InChI is InChI=1S/C24H30N2O3/c1-6-26-15-17(19-9-7-8-10-20(19)26)13-23(27)25-16-24(2,3)18-11-12-21(28-4)22(14-18)29-5/h7-12,14-15H,6,13,16H2,1-5H3,(H,25,27). The van der Waals surface area contributed by atoms with E-state index in [9.17, 15) is 4.79 Å². The molecule has 0 unspecified atom stereocenters. The minimum atomic E-state index is -0.243. The molecule has 1 amide bonds. The van der Waals surface area contributed by atoms with E-state index in [0.717, 1.165) is 23.1 Å². The summed E-state index contributed by atoms with van der Waals surface area (Å²) < 4.78 is 12.9. The second-order valence-corrected chi connectivity index (χ2v) is 7.86. The zero-order valence-electron chi connectivity index (χ0n) is 17.9. The Kier molecular flexibility index (Phi) is 6.16. The number of aromatic nitrogens is 1. The Morgan fingerprint density at radius 1 is 1.07 bits per heavy atom. The molecule has 0 atom stereocenters. The Balaban J connectivity index is 1.70. The Hall–Kier alpha value is -2.95. The number of para-hydroxylation sites is 1. The zero-order valence-corrected chi connectivity index (χ0v) is 17.9. The average molecular weight is 395 g/mol. The summed E-state index contributed by atoms with van der Waals surface area (Å²) in [6, 6.07) is 14.1. The molecule has 0 aliphatic heterocycles. The zero-order chi connectivity index (χ0) is 21.0. The van der Waals surface area contributed by atoms with Crippen LogP contribution in [-0.2, 0) is 23.2 Å². The first-order chi connectivity index (χ1) is 13.9. The van der Waals surface area contributed by atoms with Gasteiger partial charge in [-0.05, 0) is 36.2 Å². The third-order valence-electron chi connectivity index (χ3n) is 5.46. The van der Waals surface area contributed by atoms with Crippen LogP contribution in [0.15, 0.2) is 48.7 Å². The summed E-state index contributed by atoms with van der Waals surface area (Å²) >= 11 is 0. The van der Waals surface area contributed by atoms with Gasteiger partial charge in [-0.15, -0.1) is 0 Å². The molecule has 0 aliphatic carbocycles. The molecular formula is C24H30N2O3. The van der Waals surface area contributed by atoms with Gasteiger partial charge in [0.15, 0.2) is 11.5 Å². The monoisotopic (exact) mass is 394 g/mol. The SMILES string of the molecule is CCn1cc(CC(=O)NCC(C)(C)c2ccc(OC)c(OC)c2)c2ccccc21. The number of methoxy groups -OCH3 is 2. The topological polar surface area (TPSA) is 52.5 Å². The van der Waals surface area contributed by atoms with E-state index in [1.54, 1.807) is 14.2 Å². The van der Waals surface area contributed by atoms with Gasteiger partial charge in [-0.25, -0.2) is 0 Å². The molecule has 1 N–H and O–H groups in total. The third kappa shape index (κ3) is 4.39. The Morgan fingerprint density at radius 3 is 2.48 bits per heavy atom. The summed E-state index contributed by atoms with van der Waals surface area (Å²) in [5.74, 6) is 1.41. The summed E-state index contributed by atoms with van der Waals surface area (Å²) in [7, 11) is 3.25. The molecule has 0 saturated carbocycles. The van der Waals surface area contributed by atoms with Gasteiger partial charge in [0.1, 0.15) is 0 Å². The molecule has 2 aromatic carbocycles. The number of aryl methyl sites for hydroxylation is 1. The van der Waals surface area contributed by atoms with Gasteiger partial charge >= 0.3 is 0 Å². The van der Waals surface area contributed by atoms with E-state index in [1.807, 2.05) is 30.3 Å². The highest BCUT2D eigenvalue weighted by Crippen LogP contribution is 2.33. The minimum absolute atomic E-state index is 0.0255. The second kappa shape index (κ2) is 8.60. The lowest BCUT2D eigenvalue weighted by atomic mass is 9.84. The average Bonchev–Trinajstić information content (AvgIpc) is 3.09. The van der Waals surface area contributed by atoms with E-state index in [1.165, 1.54) is 5.52 Å². The summed E-state index contributed by atoms with van der Waals surface area (Å²) in [6.45, 7) is 7.75. The first kappa shape index (κ1) is 20.8. The molecule has 0 fully saturated rings. The molecular weight excluding hydrogens is 364 g/mol. The molecule has 154 valence electrons. The van der Waals surface area contributed by atoms with Crippen LogP contribution >= 0.6 is 0 Å². The van der Waals surface area contributed by atoms with E-state index in [0.29, 0.717) is 24.5 Å². The molecule has 1 aromatic heterocycles. The van der Waals surface area contributed by atoms with Crippen molar-refractivity contribution in [3.63, 3.8) is 0 Å². The van der Waals surface area contributed by atoms with Crippen molar-refractivity contribution >= 4 is 16.8 Å². The van der Waals surface area contributed by atoms with Crippen LogP contribution in [0.5, 0.6) is 11.5 Å². The molecule has 3 aromatic rings. The number of benzene rings is 2. The van der Waals surface area contributed by atoms with Crippen LogP contribution in [-0.4, -0.2) is 31.2 Å². The fourth-order valence-corrected chi connectivity index (χ4v) is 3.64. The largest absolute Gasteiger partial charge is 0.493 e. The molecule has 0 saturated heterocycles. The van der Waals surface area contributed by atoms with Crippen molar-refractivity contribution in [3.05, 3.63) is 59.8 Å². The van der Waals surface area contributed by atoms with Crippen molar-refractivity contribution < 1.29 is 14.3 Å². The van der Waals surface area contributed by atoms with Crippen LogP contribution in [0.2, 0.25) is 0 Å². The van der Waals surface area contributed by atoms with Crippen molar-refractivity contribution in [1.29, 1.82) is 0 Å². The van der Waals surface area contributed by atoms with Gasteiger partial charge in [0.25, 0.3) is 0 Å². The fourth-order valence-electron chi connectivity index (χ4n) is 3.64. The molecule has 5 heteroatoms. The lowest BCUT2D eigenvalue weighted by Crippen LogP contribution is -2.37. The van der Waals surface area contributed by atoms with E-state index in [2.05, 4.69) is 49.0 Å². The summed E-state index contributed by atoms with van der Waals surface area (Å²) in [5, 5.41) is 4.25.